The molecule has 3 rings (SSSR count). The first kappa shape index (κ1) is 12.0. The van der Waals surface area contributed by atoms with E-state index in [1.165, 1.54) is 11.1 Å². The molecule has 0 fully saturated rings. The van der Waals surface area contributed by atoms with Crippen LogP contribution in [0.3, 0.4) is 0 Å². The molecule has 98 valence electrons. The first-order chi connectivity index (χ1) is 9.22. The molecule has 2 heterocycles. The Balaban J connectivity index is 1.89. The van der Waals surface area contributed by atoms with Crippen LogP contribution in [0.5, 0.6) is 5.75 Å². The van der Waals surface area contributed by atoms with Crippen LogP contribution in [-0.2, 0) is 0 Å². The van der Waals surface area contributed by atoms with Crippen LogP contribution in [0.15, 0.2) is 30.6 Å². The maximum Gasteiger partial charge on any atom is 0.130 e. The molecule has 0 bridgehead atoms. The summed E-state index contributed by atoms with van der Waals surface area (Å²) in [6.45, 7) is 4.80. The molecule has 0 saturated carbocycles. The van der Waals surface area contributed by atoms with Gasteiger partial charge in [-0.05, 0) is 19.9 Å². The van der Waals surface area contributed by atoms with Crippen molar-refractivity contribution in [1.82, 2.24) is 9.97 Å². The summed E-state index contributed by atoms with van der Waals surface area (Å²) in [5, 5.41) is 3.47. The van der Waals surface area contributed by atoms with Crippen LogP contribution < -0.4 is 10.1 Å². The monoisotopic (exact) mass is 255 g/mol. The number of nitrogens with zero attached hydrogens (tertiary/aromatic N) is 2. The second-order valence-electron chi connectivity index (χ2n) is 4.92. The molecule has 1 atom stereocenters. The van der Waals surface area contributed by atoms with E-state index in [-0.39, 0.29) is 6.04 Å². The first-order valence-electron chi connectivity index (χ1n) is 6.51. The second-order valence-corrected chi connectivity index (χ2v) is 4.92. The predicted molar refractivity (Wildman–Crippen MR) is 74.4 cm³/mol. The lowest BCUT2D eigenvalue weighted by molar-refractivity contribution is 0.274. The highest BCUT2D eigenvalue weighted by Gasteiger charge is 2.21. The highest BCUT2D eigenvalue weighted by atomic mass is 16.5. The van der Waals surface area contributed by atoms with Gasteiger partial charge in [-0.2, -0.15) is 0 Å². The molecule has 0 amide bonds. The number of benzene rings is 1. The average Bonchev–Trinajstić information content (AvgIpc) is 2.39. The Morgan fingerprint density at radius 1 is 1.21 bits per heavy atom. The van der Waals surface area contributed by atoms with E-state index in [4.69, 9.17) is 4.74 Å². The van der Waals surface area contributed by atoms with E-state index in [9.17, 15) is 0 Å². The zero-order valence-electron chi connectivity index (χ0n) is 11.2. The van der Waals surface area contributed by atoms with E-state index in [2.05, 4.69) is 34.3 Å². The van der Waals surface area contributed by atoms with Crippen molar-refractivity contribution in [3.05, 3.63) is 47.4 Å². The lowest BCUT2D eigenvalue weighted by Gasteiger charge is -2.27. The van der Waals surface area contributed by atoms with E-state index in [0.29, 0.717) is 0 Å². The molecule has 19 heavy (non-hydrogen) atoms. The van der Waals surface area contributed by atoms with Gasteiger partial charge < -0.3 is 10.1 Å². The standard InChI is InChI=1S/C15H17N3O/c1-10-3-4-14-12(7-10)13(5-6-19-14)18-15-8-11(2)16-9-17-15/h3-4,7-9,13H,5-6H2,1-2H3,(H,16,17,18). The molecule has 1 unspecified atom stereocenters. The Morgan fingerprint density at radius 2 is 2.11 bits per heavy atom. The summed E-state index contributed by atoms with van der Waals surface area (Å²) in [6, 6.07) is 8.52. The summed E-state index contributed by atoms with van der Waals surface area (Å²) in [5.74, 6) is 1.84. The van der Waals surface area contributed by atoms with Crippen molar-refractivity contribution in [2.75, 3.05) is 11.9 Å². The summed E-state index contributed by atoms with van der Waals surface area (Å²) in [5.41, 5.74) is 3.42. The molecule has 1 aromatic heterocycles. The van der Waals surface area contributed by atoms with Crippen molar-refractivity contribution in [3.8, 4) is 5.75 Å². The zero-order valence-corrected chi connectivity index (χ0v) is 11.2. The van der Waals surface area contributed by atoms with Crippen molar-refractivity contribution in [2.24, 2.45) is 0 Å². The van der Waals surface area contributed by atoms with Gasteiger partial charge in [-0.3, -0.25) is 0 Å². The molecule has 1 N–H and O–H groups in total. The Labute approximate surface area is 112 Å². The van der Waals surface area contributed by atoms with Gasteiger partial charge >= 0.3 is 0 Å². The molecule has 0 saturated heterocycles. The number of nitrogens with one attached hydrogen (secondary N) is 1. The van der Waals surface area contributed by atoms with Crippen LogP contribution >= 0.6 is 0 Å². The molecule has 0 radical (unpaired) electrons. The van der Waals surface area contributed by atoms with Gasteiger partial charge in [0.2, 0.25) is 0 Å². The van der Waals surface area contributed by atoms with Crippen molar-refractivity contribution in [3.63, 3.8) is 0 Å². The number of anilines is 1. The van der Waals surface area contributed by atoms with Crippen LogP contribution in [0.1, 0.15) is 29.3 Å². The van der Waals surface area contributed by atoms with Crippen LogP contribution in [-0.4, -0.2) is 16.6 Å². The molecule has 4 heteroatoms. The number of hydrogen-bond donors (Lipinski definition) is 1. The van der Waals surface area contributed by atoms with Gasteiger partial charge in [0.05, 0.1) is 12.6 Å². The van der Waals surface area contributed by atoms with E-state index in [1.807, 2.05) is 19.1 Å². The van der Waals surface area contributed by atoms with Crippen LogP contribution in [0.2, 0.25) is 0 Å². The first-order valence-corrected chi connectivity index (χ1v) is 6.51. The highest BCUT2D eigenvalue weighted by molar-refractivity contribution is 5.46. The van der Waals surface area contributed by atoms with Crippen LogP contribution in [0.4, 0.5) is 5.82 Å². The lowest BCUT2D eigenvalue weighted by atomic mass is 9.98. The molecule has 0 aliphatic carbocycles. The van der Waals surface area contributed by atoms with Gasteiger partial charge in [0.15, 0.2) is 0 Å². The Bertz CT molecular complexity index is 598. The van der Waals surface area contributed by atoms with Gasteiger partial charge in [-0.1, -0.05) is 17.7 Å². The summed E-state index contributed by atoms with van der Waals surface area (Å²) >= 11 is 0. The molecule has 0 spiro atoms. The number of hydrogen-bond acceptors (Lipinski definition) is 4. The van der Waals surface area contributed by atoms with Crippen molar-refractivity contribution in [1.29, 1.82) is 0 Å². The van der Waals surface area contributed by atoms with Gasteiger partial charge in [-0.15, -0.1) is 0 Å². The Hall–Kier alpha value is -2.10. The molecule has 4 nitrogen and oxygen atoms in total. The number of aromatic nitrogens is 2. The van der Waals surface area contributed by atoms with E-state index in [1.54, 1.807) is 6.33 Å². The van der Waals surface area contributed by atoms with Gasteiger partial charge in [0, 0.05) is 23.7 Å². The topological polar surface area (TPSA) is 47.0 Å². The molecule has 1 aliphatic heterocycles. The maximum absolute atomic E-state index is 5.70. The summed E-state index contributed by atoms with van der Waals surface area (Å²) in [4.78, 5) is 8.38. The largest absolute Gasteiger partial charge is 0.493 e. The SMILES string of the molecule is Cc1ccc2c(c1)C(Nc1cc(C)ncn1)CCO2. The fourth-order valence-corrected chi connectivity index (χ4v) is 2.38. The molecular weight excluding hydrogens is 238 g/mol. The fraction of sp³-hybridized carbons (Fsp3) is 0.333. The summed E-state index contributed by atoms with van der Waals surface area (Å²) < 4.78 is 5.70. The highest BCUT2D eigenvalue weighted by Crippen LogP contribution is 2.34. The summed E-state index contributed by atoms with van der Waals surface area (Å²) in [6.07, 6.45) is 2.54. The van der Waals surface area contributed by atoms with Crippen molar-refractivity contribution < 1.29 is 4.74 Å². The van der Waals surface area contributed by atoms with E-state index >= 15 is 0 Å². The minimum absolute atomic E-state index is 0.248. The third-order valence-corrected chi connectivity index (χ3v) is 3.33. The Morgan fingerprint density at radius 3 is 2.95 bits per heavy atom. The van der Waals surface area contributed by atoms with Crippen LogP contribution in [0.25, 0.3) is 0 Å². The molecule has 1 aliphatic rings. The quantitative estimate of drug-likeness (QED) is 0.896. The number of rotatable bonds is 2. The fourth-order valence-electron chi connectivity index (χ4n) is 2.38. The third kappa shape index (κ3) is 2.52. The molecular formula is C15H17N3O. The normalized spacial score (nSPS) is 17.5. The zero-order chi connectivity index (χ0) is 13.2. The van der Waals surface area contributed by atoms with E-state index in [0.717, 1.165) is 30.3 Å². The minimum Gasteiger partial charge on any atom is -0.493 e. The predicted octanol–water partition coefficient (Wildman–Crippen LogP) is 3.03. The summed E-state index contributed by atoms with van der Waals surface area (Å²) in [7, 11) is 0. The van der Waals surface area contributed by atoms with E-state index < -0.39 is 0 Å². The molecule has 1 aromatic carbocycles. The number of fused-ring (bicyclic) bond motifs is 1. The number of aryl methyl sites for hydroxylation is 2. The third-order valence-electron chi connectivity index (χ3n) is 3.33. The maximum atomic E-state index is 5.70. The minimum atomic E-state index is 0.248. The lowest BCUT2D eigenvalue weighted by Crippen LogP contribution is -2.21. The van der Waals surface area contributed by atoms with Crippen molar-refractivity contribution in [2.45, 2.75) is 26.3 Å². The number of ether oxygens (including phenoxy) is 1. The van der Waals surface area contributed by atoms with Crippen LogP contribution in [0, 0.1) is 13.8 Å². The Kier molecular flexibility index (Phi) is 3.07. The second kappa shape index (κ2) is 4.88. The molecule has 2 aromatic rings. The van der Waals surface area contributed by atoms with Crippen molar-refractivity contribution >= 4 is 5.82 Å². The van der Waals surface area contributed by atoms with Gasteiger partial charge in [0.1, 0.15) is 17.9 Å². The van der Waals surface area contributed by atoms with Gasteiger partial charge in [0.25, 0.3) is 0 Å². The van der Waals surface area contributed by atoms with Gasteiger partial charge in [-0.25, -0.2) is 9.97 Å². The average molecular weight is 255 g/mol. The smallest absolute Gasteiger partial charge is 0.130 e.